The smallest absolute Gasteiger partial charge is 0.399 e. The van der Waals surface area contributed by atoms with Crippen LogP contribution in [0.3, 0.4) is 0 Å². The van der Waals surface area contributed by atoms with E-state index in [-0.39, 0.29) is 11.2 Å². The van der Waals surface area contributed by atoms with Gasteiger partial charge in [0.2, 0.25) is 0 Å². The van der Waals surface area contributed by atoms with Crippen molar-refractivity contribution in [1.29, 1.82) is 0 Å². The molecule has 1 aromatic heterocycles. The lowest BCUT2D eigenvalue weighted by atomic mass is 9.31. The average Bonchev–Trinajstić information content (AvgIpc) is 3.19. The Morgan fingerprint density at radius 2 is 1.30 bits per heavy atom. The number of benzene rings is 3. The number of hydrogen-bond acceptors (Lipinski definition) is 4. The summed E-state index contributed by atoms with van der Waals surface area (Å²) >= 11 is 0. The predicted molar refractivity (Wildman–Crippen MR) is 160 cm³/mol. The van der Waals surface area contributed by atoms with E-state index in [1.807, 2.05) is 6.07 Å². The molecular formula is C35H35BN2O2. The Balaban J connectivity index is 1.19. The highest BCUT2D eigenvalue weighted by Gasteiger charge is 2.67. The van der Waals surface area contributed by atoms with Crippen LogP contribution in [0.25, 0.3) is 33.9 Å². The van der Waals surface area contributed by atoms with Gasteiger partial charge in [-0.15, -0.1) is 0 Å². The maximum absolute atomic E-state index is 6.36. The van der Waals surface area contributed by atoms with E-state index in [1.165, 1.54) is 18.4 Å². The van der Waals surface area contributed by atoms with E-state index in [0.29, 0.717) is 0 Å². The van der Waals surface area contributed by atoms with Gasteiger partial charge in [0.05, 0.1) is 22.6 Å². The minimum Gasteiger partial charge on any atom is -0.399 e. The lowest BCUT2D eigenvalue weighted by molar-refractivity contribution is -0.214. The molecule has 200 valence electrons. The van der Waals surface area contributed by atoms with Crippen LogP contribution >= 0.6 is 0 Å². The van der Waals surface area contributed by atoms with Crippen LogP contribution < -0.4 is 5.46 Å². The normalized spacial score (nSPS) is 28.7. The van der Waals surface area contributed by atoms with Crippen molar-refractivity contribution in [2.24, 2.45) is 23.7 Å². The molecule has 3 aromatic carbocycles. The summed E-state index contributed by atoms with van der Waals surface area (Å²) in [6.07, 6.45) is 2.86. The summed E-state index contributed by atoms with van der Waals surface area (Å²) < 4.78 is 12.7. The summed E-state index contributed by atoms with van der Waals surface area (Å²) in [7, 11) is -0.416. The lowest BCUT2D eigenvalue weighted by Gasteiger charge is -2.73. The molecule has 3 unspecified atom stereocenters. The van der Waals surface area contributed by atoms with E-state index < -0.39 is 7.12 Å². The van der Waals surface area contributed by atoms with Gasteiger partial charge in [-0.05, 0) is 98.8 Å². The number of hydrogen-bond donors (Lipinski definition) is 0. The first kappa shape index (κ1) is 24.5. The van der Waals surface area contributed by atoms with Gasteiger partial charge in [-0.3, -0.25) is 0 Å². The molecule has 8 rings (SSSR count). The Morgan fingerprint density at radius 3 is 1.98 bits per heavy atom. The van der Waals surface area contributed by atoms with E-state index in [1.54, 1.807) is 0 Å². The van der Waals surface area contributed by atoms with E-state index in [0.717, 1.165) is 69.0 Å². The Hall–Kier alpha value is -3.28. The SMILES string of the molecule is CC1(C)OB(c2cccc(-c3cc(-c4ccccc4)nc(-c4cccc(C5[C@H]6CC7C[C@@H]5C76)c4)n3)c2)OC1(C)C. The molecule has 1 saturated heterocycles. The summed E-state index contributed by atoms with van der Waals surface area (Å²) in [5.74, 6) is 5.37. The molecule has 3 aliphatic carbocycles. The van der Waals surface area contributed by atoms with Crippen molar-refractivity contribution in [3.63, 3.8) is 0 Å². The Labute approximate surface area is 237 Å². The molecular weight excluding hydrogens is 491 g/mol. The van der Waals surface area contributed by atoms with Crippen molar-refractivity contribution in [3.8, 4) is 33.9 Å². The number of aromatic nitrogens is 2. The van der Waals surface area contributed by atoms with Crippen LogP contribution in [0.2, 0.25) is 0 Å². The monoisotopic (exact) mass is 526 g/mol. The first-order chi connectivity index (χ1) is 19.3. The molecule has 0 amide bonds. The summed E-state index contributed by atoms with van der Waals surface area (Å²) in [6, 6.07) is 30.0. The molecule has 0 spiro atoms. The molecule has 4 fully saturated rings. The van der Waals surface area contributed by atoms with Crippen molar-refractivity contribution in [2.45, 2.75) is 57.7 Å². The minimum absolute atomic E-state index is 0.387. The third kappa shape index (κ3) is 3.67. The third-order valence-electron chi connectivity index (χ3n) is 10.6. The van der Waals surface area contributed by atoms with Crippen LogP contribution in [0, 0.1) is 23.7 Å². The summed E-state index contributed by atoms with van der Waals surface area (Å²) in [6.45, 7) is 8.36. The Kier molecular flexibility index (Phi) is 5.28. The molecule has 0 bridgehead atoms. The van der Waals surface area contributed by atoms with Gasteiger partial charge in [0.25, 0.3) is 0 Å². The van der Waals surface area contributed by atoms with Gasteiger partial charge in [-0.2, -0.15) is 0 Å². The van der Waals surface area contributed by atoms with Crippen LogP contribution in [-0.4, -0.2) is 28.3 Å². The third-order valence-corrected chi connectivity index (χ3v) is 10.6. The molecule has 40 heavy (non-hydrogen) atoms. The summed E-state index contributed by atoms with van der Waals surface area (Å²) in [5, 5.41) is 0. The standard InChI is InChI=1S/C35H35BN2O2/c1-34(2)35(3,4)40-36(39-34)26-15-9-12-22(17-26)30-20-29(21-10-6-5-7-11-21)37-33(38-30)24-14-8-13-23(16-24)31-27-18-25-19-28(31)32(25)27/h5-17,20,25,27-28,31-32H,18-19H2,1-4H3/t25?,27-,28+,31?,32?. The van der Waals surface area contributed by atoms with Gasteiger partial charge in [0.15, 0.2) is 5.82 Å². The zero-order valence-corrected chi connectivity index (χ0v) is 23.7. The zero-order chi connectivity index (χ0) is 27.2. The first-order valence-electron chi connectivity index (χ1n) is 14.8. The van der Waals surface area contributed by atoms with E-state index in [9.17, 15) is 0 Å². The van der Waals surface area contributed by atoms with Crippen LogP contribution in [-0.2, 0) is 9.31 Å². The molecule has 0 N–H and O–H groups in total. The van der Waals surface area contributed by atoms with Crippen molar-refractivity contribution >= 4 is 12.6 Å². The van der Waals surface area contributed by atoms with Crippen molar-refractivity contribution in [1.82, 2.24) is 9.97 Å². The van der Waals surface area contributed by atoms with Crippen molar-refractivity contribution < 1.29 is 9.31 Å². The molecule has 5 heteroatoms. The highest BCUT2D eigenvalue weighted by molar-refractivity contribution is 6.62. The average molecular weight is 526 g/mol. The molecule has 2 heterocycles. The highest BCUT2D eigenvalue weighted by atomic mass is 16.7. The predicted octanol–water partition coefficient (Wildman–Crippen LogP) is 7.15. The fourth-order valence-corrected chi connectivity index (χ4v) is 7.68. The summed E-state index contributed by atoms with van der Waals surface area (Å²) in [5.41, 5.74) is 6.73. The fraction of sp³-hybridized carbons (Fsp3) is 0.371. The molecule has 4 nitrogen and oxygen atoms in total. The second kappa shape index (κ2) is 8.61. The number of nitrogens with zero attached hydrogens (tertiary/aromatic N) is 2. The topological polar surface area (TPSA) is 44.2 Å². The van der Waals surface area contributed by atoms with Gasteiger partial charge in [-0.1, -0.05) is 72.8 Å². The minimum atomic E-state index is -0.416. The first-order valence-corrected chi connectivity index (χ1v) is 14.8. The summed E-state index contributed by atoms with van der Waals surface area (Å²) in [4.78, 5) is 10.3. The van der Waals surface area contributed by atoms with Crippen molar-refractivity contribution in [2.75, 3.05) is 0 Å². The van der Waals surface area contributed by atoms with Crippen molar-refractivity contribution in [3.05, 3.63) is 90.5 Å². The fourth-order valence-electron chi connectivity index (χ4n) is 7.68. The highest BCUT2D eigenvalue weighted by Crippen LogP contribution is 2.75. The van der Waals surface area contributed by atoms with Gasteiger partial charge in [-0.25, -0.2) is 9.97 Å². The van der Waals surface area contributed by atoms with E-state index >= 15 is 0 Å². The second-order valence-corrected chi connectivity index (χ2v) is 13.3. The Bertz CT molecular complexity index is 1590. The molecule has 0 radical (unpaired) electrons. The van der Waals surface area contributed by atoms with Gasteiger partial charge in [0.1, 0.15) is 0 Å². The molecule has 3 saturated carbocycles. The second-order valence-electron chi connectivity index (χ2n) is 13.3. The van der Waals surface area contributed by atoms with E-state index in [4.69, 9.17) is 19.3 Å². The largest absolute Gasteiger partial charge is 0.494 e. The van der Waals surface area contributed by atoms with Gasteiger partial charge in [0, 0.05) is 11.1 Å². The van der Waals surface area contributed by atoms with E-state index in [2.05, 4.69) is 107 Å². The number of rotatable bonds is 5. The quantitative estimate of drug-likeness (QED) is 0.259. The molecule has 4 aliphatic rings. The van der Waals surface area contributed by atoms with Gasteiger partial charge >= 0.3 is 7.12 Å². The van der Waals surface area contributed by atoms with Crippen LogP contribution in [0.4, 0.5) is 0 Å². The lowest BCUT2D eigenvalue weighted by Crippen LogP contribution is -2.65. The van der Waals surface area contributed by atoms with Crippen LogP contribution in [0.1, 0.15) is 52.0 Å². The Morgan fingerprint density at radius 1 is 0.675 bits per heavy atom. The van der Waals surface area contributed by atoms with Crippen LogP contribution in [0.15, 0.2) is 84.9 Å². The maximum Gasteiger partial charge on any atom is 0.494 e. The molecule has 1 aliphatic heterocycles. The maximum atomic E-state index is 6.36. The van der Waals surface area contributed by atoms with Crippen LogP contribution in [0.5, 0.6) is 0 Å². The zero-order valence-electron chi connectivity index (χ0n) is 23.7. The molecule has 5 atom stereocenters. The molecule has 4 aromatic rings. The van der Waals surface area contributed by atoms with Gasteiger partial charge < -0.3 is 9.31 Å².